The molecular weight excluding hydrogens is 449 g/mol. The van der Waals surface area contributed by atoms with E-state index in [9.17, 15) is 14.0 Å². The van der Waals surface area contributed by atoms with E-state index in [0.29, 0.717) is 11.4 Å². The summed E-state index contributed by atoms with van der Waals surface area (Å²) in [5, 5.41) is 5.37. The normalized spacial score (nSPS) is 14.7. The molecule has 2 amide bonds. The number of pyridine rings is 1. The van der Waals surface area contributed by atoms with E-state index >= 15 is 0 Å². The monoisotopic (exact) mass is 477 g/mol. The van der Waals surface area contributed by atoms with Gasteiger partial charge in [-0.25, -0.2) is 4.39 Å². The highest BCUT2D eigenvalue weighted by Crippen LogP contribution is 2.24. The van der Waals surface area contributed by atoms with Crippen LogP contribution in [0.15, 0.2) is 73.1 Å². The van der Waals surface area contributed by atoms with Crippen LogP contribution >= 0.6 is 0 Å². The minimum Gasteiger partial charge on any atom is -0.497 e. The first-order valence-corrected chi connectivity index (χ1v) is 11.4. The zero-order valence-electron chi connectivity index (χ0n) is 19.5. The summed E-state index contributed by atoms with van der Waals surface area (Å²) in [5.41, 5.74) is 2.41. The topological polar surface area (TPSA) is 86.8 Å². The number of amides is 2. The van der Waals surface area contributed by atoms with Crippen LogP contribution < -0.4 is 20.3 Å². The van der Waals surface area contributed by atoms with E-state index in [1.807, 2.05) is 12.1 Å². The molecule has 182 valence electrons. The van der Waals surface area contributed by atoms with Crippen molar-refractivity contribution in [3.05, 3.63) is 84.4 Å². The zero-order valence-corrected chi connectivity index (χ0v) is 19.5. The molecule has 35 heavy (non-hydrogen) atoms. The third-order valence-electron chi connectivity index (χ3n) is 6.01. The maximum absolute atomic E-state index is 13.3. The molecule has 2 heterocycles. The highest BCUT2D eigenvalue weighted by molar-refractivity contribution is 6.39. The van der Waals surface area contributed by atoms with Crippen molar-refractivity contribution in [2.24, 2.45) is 0 Å². The number of carbonyl (C=O) groups excluding carboxylic acids is 2. The lowest BCUT2D eigenvalue weighted by atomic mass is 10.1. The van der Waals surface area contributed by atoms with Crippen LogP contribution in [-0.2, 0) is 9.59 Å². The first-order valence-electron chi connectivity index (χ1n) is 11.4. The van der Waals surface area contributed by atoms with Gasteiger partial charge >= 0.3 is 11.8 Å². The molecule has 1 aliphatic rings. The van der Waals surface area contributed by atoms with Gasteiger partial charge in [0.05, 0.1) is 13.2 Å². The summed E-state index contributed by atoms with van der Waals surface area (Å²) in [6, 6.07) is 17.0. The number of ether oxygens (including phenoxy) is 1. The van der Waals surface area contributed by atoms with Crippen LogP contribution in [0.25, 0.3) is 0 Å². The Bertz CT molecular complexity index is 1140. The third-order valence-corrected chi connectivity index (χ3v) is 6.01. The number of piperazine rings is 1. The predicted molar refractivity (Wildman–Crippen MR) is 132 cm³/mol. The van der Waals surface area contributed by atoms with Gasteiger partial charge in [0.15, 0.2) is 0 Å². The number of hydrogen-bond acceptors (Lipinski definition) is 6. The van der Waals surface area contributed by atoms with Crippen molar-refractivity contribution >= 4 is 23.2 Å². The molecule has 0 aliphatic carbocycles. The lowest BCUT2D eigenvalue weighted by molar-refractivity contribution is -0.136. The highest BCUT2D eigenvalue weighted by atomic mass is 19.1. The Labute approximate surface area is 203 Å². The Morgan fingerprint density at radius 1 is 1.03 bits per heavy atom. The molecule has 8 nitrogen and oxygen atoms in total. The number of rotatable bonds is 7. The van der Waals surface area contributed by atoms with Gasteiger partial charge in [-0.05, 0) is 48.0 Å². The quantitative estimate of drug-likeness (QED) is 0.509. The van der Waals surface area contributed by atoms with Crippen molar-refractivity contribution < 1.29 is 18.7 Å². The van der Waals surface area contributed by atoms with Crippen LogP contribution in [0.1, 0.15) is 11.6 Å². The molecule has 1 unspecified atom stereocenters. The SMILES string of the molecule is COc1cccc(NC(=O)C(=O)NCC(c2cccnc2)N2CCN(c3ccc(F)cc3)CC2)c1. The standard InChI is InChI=1S/C26H28FN5O3/c1-35-23-6-2-5-21(16-23)30-26(34)25(33)29-18-24(19-4-3-11-28-17-19)32-14-12-31(13-15-32)22-9-7-20(27)8-10-22/h2-11,16-17,24H,12-15,18H2,1H3,(H,29,33)(H,30,34). The Hall–Kier alpha value is -3.98. The molecule has 2 aromatic carbocycles. The maximum atomic E-state index is 13.3. The van der Waals surface area contributed by atoms with E-state index in [1.54, 1.807) is 48.8 Å². The van der Waals surface area contributed by atoms with Gasteiger partial charge < -0.3 is 20.3 Å². The van der Waals surface area contributed by atoms with Crippen LogP contribution in [0.3, 0.4) is 0 Å². The van der Waals surface area contributed by atoms with Crippen molar-refractivity contribution in [2.75, 3.05) is 50.1 Å². The van der Waals surface area contributed by atoms with Crippen molar-refractivity contribution in [3.63, 3.8) is 0 Å². The number of carbonyl (C=O) groups is 2. The summed E-state index contributed by atoms with van der Waals surface area (Å²) in [6.07, 6.45) is 3.48. The van der Waals surface area contributed by atoms with Crippen LogP contribution in [0.2, 0.25) is 0 Å². The first kappa shape index (κ1) is 24.2. The van der Waals surface area contributed by atoms with Gasteiger partial charge in [0, 0.05) is 62.6 Å². The maximum Gasteiger partial charge on any atom is 0.313 e. The van der Waals surface area contributed by atoms with E-state index in [1.165, 1.54) is 19.2 Å². The van der Waals surface area contributed by atoms with Crippen LogP contribution in [0, 0.1) is 5.82 Å². The summed E-state index contributed by atoms with van der Waals surface area (Å²) in [5.74, 6) is -1.13. The Morgan fingerprint density at radius 3 is 2.49 bits per heavy atom. The lowest BCUT2D eigenvalue weighted by Crippen LogP contribution is -2.50. The summed E-state index contributed by atoms with van der Waals surface area (Å²) < 4.78 is 18.4. The fourth-order valence-electron chi connectivity index (χ4n) is 4.13. The van der Waals surface area contributed by atoms with Crippen molar-refractivity contribution in [1.82, 2.24) is 15.2 Å². The van der Waals surface area contributed by atoms with E-state index < -0.39 is 11.8 Å². The van der Waals surface area contributed by atoms with Gasteiger partial charge in [0.2, 0.25) is 0 Å². The molecule has 1 atom stereocenters. The van der Waals surface area contributed by atoms with E-state index in [2.05, 4.69) is 25.4 Å². The summed E-state index contributed by atoms with van der Waals surface area (Å²) in [7, 11) is 1.53. The molecule has 0 radical (unpaired) electrons. The molecule has 1 aliphatic heterocycles. The predicted octanol–water partition coefficient (Wildman–Crippen LogP) is 2.85. The van der Waals surface area contributed by atoms with Gasteiger partial charge in [-0.3, -0.25) is 19.5 Å². The molecule has 0 saturated carbocycles. The van der Waals surface area contributed by atoms with E-state index in [0.717, 1.165) is 37.4 Å². The Morgan fingerprint density at radius 2 is 1.80 bits per heavy atom. The average molecular weight is 478 g/mol. The number of benzene rings is 2. The molecular formula is C26H28FN5O3. The fraction of sp³-hybridized carbons (Fsp3) is 0.269. The van der Waals surface area contributed by atoms with E-state index in [4.69, 9.17) is 4.74 Å². The number of halogens is 1. The molecule has 1 aromatic heterocycles. The first-order chi connectivity index (χ1) is 17.0. The molecule has 1 fully saturated rings. The number of aromatic nitrogens is 1. The number of nitrogens with zero attached hydrogens (tertiary/aromatic N) is 3. The number of anilines is 2. The summed E-state index contributed by atoms with van der Waals surface area (Å²) in [4.78, 5) is 33.7. The Balaban J connectivity index is 1.38. The molecule has 0 spiro atoms. The second-order valence-corrected chi connectivity index (χ2v) is 8.20. The second kappa shape index (κ2) is 11.4. The molecule has 4 rings (SSSR count). The van der Waals surface area contributed by atoms with Crippen molar-refractivity contribution in [1.29, 1.82) is 0 Å². The molecule has 9 heteroatoms. The van der Waals surface area contributed by atoms with Gasteiger partial charge in [-0.15, -0.1) is 0 Å². The molecule has 1 saturated heterocycles. The largest absolute Gasteiger partial charge is 0.497 e. The third kappa shape index (κ3) is 6.33. The lowest BCUT2D eigenvalue weighted by Gasteiger charge is -2.40. The van der Waals surface area contributed by atoms with Crippen molar-refractivity contribution in [3.8, 4) is 5.75 Å². The van der Waals surface area contributed by atoms with Crippen LogP contribution in [0.4, 0.5) is 15.8 Å². The van der Waals surface area contributed by atoms with Gasteiger partial charge in [-0.2, -0.15) is 0 Å². The smallest absolute Gasteiger partial charge is 0.313 e. The van der Waals surface area contributed by atoms with Gasteiger partial charge in [0.25, 0.3) is 0 Å². The number of hydrogen-bond donors (Lipinski definition) is 2. The van der Waals surface area contributed by atoms with Crippen molar-refractivity contribution in [2.45, 2.75) is 6.04 Å². The minimum absolute atomic E-state index is 0.146. The van der Waals surface area contributed by atoms with Crippen LogP contribution in [-0.4, -0.2) is 61.5 Å². The average Bonchev–Trinajstić information content (AvgIpc) is 2.90. The zero-order chi connectivity index (χ0) is 24.6. The number of methoxy groups -OCH3 is 1. The van der Waals surface area contributed by atoms with E-state index in [-0.39, 0.29) is 18.4 Å². The molecule has 0 bridgehead atoms. The molecule has 3 aromatic rings. The summed E-state index contributed by atoms with van der Waals surface area (Å²) >= 11 is 0. The molecule has 2 N–H and O–H groups in total. The fourth-order valence-corrected chi connectivity index (χ4v) is 4.13. The minimum atomic E-state index is -0.746. The van der Waals surface area contributed by atoms with Crippen LogP contribution in [0.5, 0.6) is 5.75 Å². The Kier molecular flexibility index (Phi) is 7.89. The highest BCUT2D eigenvalue weighted by Gasteiger charge is 2.27. The van der Waals surface area contributed by atoms with Gasteiger partial charge in [-0.1, -0.05) is 12.1 Å². The second-order valence-electron chi connectivity index (χ2n) is 8.20. The van der Waals surface area contributed by atoms with Gasteiger partial charge in [0.1, 0.15) is 11.6 Å². The number of nitrogens with one attached hydrogen (secondary N) is 2. The summed E-state index contributed by atoms with van der Waals surface area (Å²) in [6.45, 7) is 3.25.